The highest BCUT2D eigenvalue weighted by Crippen LogP contribution is 2.39. The zero-order chi connectivity index (χ0) is 20.8. The molecule has 4 heterocycles. The molecule has 5 rings (SSSR count). The van der Waals surface area contributed by atoms with Gasteiger partial charge < -0.3 is 4.98 Å². The van der Waals surface area contributed by atoms with Crippen LogP contribution >= 0.6 is 11.3 Å². The number of thiophene rings is 1. The summed E-state index contributed by atoms with van der Waals surface area (Å²) in [5.74, 6) is 0.391. The van der Waals surface area contributed by atoms with Crippen molar-refractivity contribution >= 4 is 31.8 Å². The first-order chi connectivity index (χ1) is 14.5. The average molecular weight is 420 g/mol. The fourth-order valence-electron chi connectivity index (χ4n) is 3.39. The highest BCUT2D eigenvalue weighted by molar-refractivity contribution is 7.25. The van der Waals surface area contributed by atoms with Gasteiger partial charge in [-0.3, -0.25) is 9.78 Å². The molecular formula is C22H14F2N4OS. The minimum absolute atomic E-state index is 0.324. The van der Waals surface area contributed by atoms with E-state index in [1.807, 2.05) is 31.2 Å². The molecule has 0 fully saturated rings. The lowest BCUT2D eigenvalue weighted by Gasteiger charge is -2.08. The summed E-state index contributed by atoms with van der Waals surface area (Å²) in [6.45, 7) is 1.96. The van der Waals surface area contributed by atoms with Crippen molar-refractivity contribution in [1.29, 1.82) is 0 Å². The number of halogens is 2. The van der Waals surface area contributed by atoms with E-state index in [4.69, 9.17) is 0 Å². The van der Waals surface area contributed by atoms with Gasteiger partial charge in [0.05, 0.1) is 5.52 Å². The second-order valence-corrected chi connectivity index (χ2v) is 7.87. The van der Waals surface area contributed by atoms with E-state index in [1.165, 1.54) is 6.07 Å². The second-order valence-electron chi connectivity index (χ2n) is 6.87. The first-order valence-electron chi connectivity index (χ1n) is 9.14. The van der Waals surface area contributed by atoms with E-state index in [-0.39, 0.29) is 11.3 Å². The first kappa shape index (κ1) is 18.5. The Labute approximate surface area is 173 Å². The molecule has 0 aliphatic rings. The molecule has 1 aromatic carbocycles. The molecule has 0 radical (unpaired) electrons. The van der Waals surface area contributed by atoms with Crippen LogP contribution in [0.5, 0.6) is 0 Å². The third-order valence-corrected chi connectivity index (χ3v) is 5.93. The standard InChI is InChI=1S/C22H14F2N4OS/c1-11-2-4-12(5-3-11)14-10-15(19(23)24)26-22-16(14)17-18(30-22)21(29)28-20(27-17)13-6-8-25-9-7-13/h2-10,19H,1H3,(H,27,28,29). The predicted octanol–water partition coefficient (Wildman–Crippen LogP) is 5.51. The quantitative estimate of drug-likeness (QED) is 0.418. The molecule has 0 saturated heterocycles. The van der Waals surface area contributed by atoms with Crippen molar-refractivity contribution < 1.29 is 8.78 Å². The zero-order valence-electron chi connectivity index (χ0n) is 15.7. The predicted molar refractivity (Wildman–Crippen MR) is 114 cm³/mol. The van der Waals surface area contributed by atoms with Crippen LogP contribution in [0.4, 0.5) is 8.78 Å². The van der Waals surface area contributed by atoms with Gasteiger partial charge in [-0.2, -0.15) is 0 Å². The Balaban J connectivity index is 1.88. The van der Waals surface area contributed by atoms with Crippen molar-refractivity contribution in [1.82, 2.24) is 19.9 Å². The third-order valence-electron chi connectivity index (χ3n) is 4.86. The van der Waals surface area contributed by atoms with E-state index in [1.54, 1.807) is 24.5 Å². The molecule has 8 heteroatoms. The Kier molecular flexibility index (Phi) is 4.36. The minimum atomic E-state index is -2.72. The van der Waals surface area contributed by atoms with Crippen LogP contribution in [0.2, 0.25) is 0 Å². The fourth-order valence-corrected chi connectivity index (χ4v) is 4.43. The van der Waals surface area contributed by atoms with Crippen LogP contribution in [0.25, 0.3) is 42.9 Å². The van der Waals surface area contributed by atoms with Gasteiger partial charge in [-0.05, 0) is 36.2 Å². The Morgan fingerprint density at radius 3 is 2.43 bits per heavy atom. The van der Waals surface area contributed by atoms with Crippen LogP contribution in [0, 0.1) is 6.92 Å². The van der Waals surface area contributed by atoms with Gasteiger partial charge in [-0.25, -0.2) is 18.7 Å². The number of fused-ring (bicyclic) bond motifs is 3. The summed E-state index contributed by atoms with van der Waals surface area (Å²) >= 11 is 1.07. The number of nitrogens with zero attached hydrogens (tertiary/aromatic N) is 3. The monoisotopic (exact) mass is 420 g/mol. The minimum Gasteiger partial charge on any atom is -0.305 e. The maximum absolute atomic E-state index is 13.5. The average Bonchev–Trinajstić information content (AvgIpc) is 3.13. The van der Waals surface area contributed by atoms with E-state index < -0.39 is 6.43 Å². The molecule has 5 nitrogen and oxygen atoms in total. The summed E-state index contributed by atoms with van der Waals surface area (Å²) in [5.41, 5.74) is 2.91. The van der Waals surface area contributed by atoms with E-state index in [0.717, 1.165) is 22.5 Å². The number of aromatic nitrogens is 4. The molecular weight excluding hydrogens is 406 g/mol. The molecule has 0 aliphatic carbocycles. The Bertz CT molecular complexity index is 1440. The van der Waals surface area contributed by atoms with Crippen LogP contribution in [-0.2, 0) is 0 Å². The number of H-pyrrole nitrogens is 1. The van der Waals surface area contributed by atoms with Gasteiger partial charge in [-0.15, -0.1) is 11.3 Å². The van der Waals surface area contributed by atoms with Gasteiger partial charge in [0, 0.05) is 23.3 Å². The maximum atomic E-state index is 13.5. The van der Waals surface area contributed by atoms with Crippen molar-refractivity contribution in [2.45, 2.75) is 13.3 Å². The smallest absolute Gasteiger partial charge is 0.280 e. The van der Waals surface area contributed by atoms with Crippen molar-refractivity contribution in [3.63, 3.8) is 0 Å². The summed E-state index contributed by atoms with van der Waals surface area (Å²) in [7, 11) is 0. The maximum Gasteiger partial charge on any atom is 0.280 e. The molecule has 1 N–H and O–H groups in total. The summed E-state index contributed by atoms with van der Waals surface area (Å²) in [4.78, 5) is 28.7. The molecule has 0 aliphatic heterocycles. The highest BCUT2D eigenvalue weighted by Gasteiger charge is 2.21. The number of aromatic amines is 1. The molecule has 0 amide bonds. The number of hydrogen-bond donors (Lipinski definition) is 1. The molecule has 0 unspecified atom stereocenters. The van der Waals surface area contributed by atoms with Crippen LogP contribution < -0.4 is 5.56 Å². The van der Waals surface area contributed by atoms with E-state index >= 15 is 0 Å². The summed E-state index contributed by atoms with van der Waals surface area (Å²) < 4.78 is 27.4. The van der Waals surface area contributed by atoms with Gasteiger partial charge in [0.25, 0.3) is 12.0 Å². The van der Waals surface area contributed by atoms with E-state index in [2.05, 4.69) is 19.9 Å². The largest absolute Gasteiger partial charge is 0.305 e. The van der Waals surface area contributed by atoms with Gasteiger partial charge in [0.2, 0.25) is 0 Å². The highest BCUT2D eigenvalue weighted by atomic mass is 32.1. The fraction of sp³-hybridized carbons (Fsp3) is 0.0909. The molecule has 0 spiro atoms. The topological polar surface area (TPSA) is 71.5 Å². The van der Waals surface area contributed by atoms with Crippen LogP contribution in [0.3, 0.4) is 0 Å². The SMILES string of the molecule is Cc1ccc(-c2cc(C(F)F)nc3sc4c(=O)[nH]c(-c5ccncc5)nc4c23)cc1. The van der Waals surface area contributed by atoms with Crippen molar-refractivity contribution in [2.75, 3.05) is 0 Å². The van der Waals surface area contributed by atoms with Crippen molar-refractivity contribution in [3.05, 3.63) is 76.5 Å². The molecule has 0 atom stereocenters. The van der Waals surface area contributed by atoms with Crippen LogP contribution in [-0.4, -0.2) is 19.9 Å². The van der Waals surface area contributed by atoms with Crippen molar-refractivity contribution in [3.8, 4) is 22.5 Å². The molecule has 0 saturated carbocycles. The summed E-state index contributed by atoms with van der Waals surface area (Å²) in [6.07, 6.45) is 0.501. The number of rotatable bonds is 3. The van der Waals surface area contributed by atoms with Gasteiger partial charge in [0.1, 0.15) is 21.0 Å². The first-order valence-corrected chi connectivity index (χ1v) is 9.96. The van der Waals surface area contributed by atoms with Crippen LogP contribution in [0.15, 0.2) is 59.7 Å². The molecule has 5 aromatic rings. The van der Waals surface area contributed by atoms with Gasteiger partial charge >= 0.3 is 0 Å². The molecule has 0 bridgehead atoms. The number of aryl methyl sites for hydroxylation is 1. The number of alkyl halides is 2. The van der Waals surface area contributed by atoms with Crippen molar-refractivity contribution in [2.24, 2.45) is 0 Å². The summed E-state index contributed by atoms with van der Waals surface area (Å²) in [5, 5.41) is 0.602. The van der Waals surface area contributed by atoms with E-state index in [0.29, 0.717) is 37.4 Å². The Hall–Kier alpha value is -3.52. The number of benzene rings is 1. The molecule has 30 heavy (non-hydrogen) atoms. The normalized spacial score (nSPS) is 11.6. The lowest BCUT2D eigenvalue weighted by Crippen LogP contribution is -2.07. The lowest BCUT2D eigenvalue weighted by atomic mass is 10.0. The Morgan fingerprint density at radius 1 is 1.00 bits per heavy atom. The lowest BCUT2D eigenvalue weighted by molar-refractivity contribution is 0.146. The van der Waals surface area contributed by atoms with Gasteiger partial charge in [-0.1, -0.05) is 29.8 Å². The van der Waals surface area contributed by atoms with Crippen LogP contribution in [0.1, 0.15) is 17.7 Å². The van der Waals surface area contributed by atoms with Gasteiger partial charge in [0.15, 0.2) is 0 Å². The molecule has 4 aromatic heterocycles. The summed E-state index contributed by atoms with van der Waals surface area (Å²) in [6, 6.07) is 12.5. The Morgan fingerprint density at radius 2 is 1.73 bits per heavy atom. The number of hydrogen-bond acceptors (Lipinski definition) is 5. The van der Waals surface area contributed by atoms with E-state index in [9.17, 15) is 13.6 Å². The second kappa shape index (κ2) is 7.07. The molecule has 148 valence electrons. The third kappa shape index (κ3) is 3.05. The number of pyridine rings is 2. The number of nitrogens with one attached hydrogen (secondary N) is 1. The zero-order valence-corrected chi connectivity index (χ0v) is 16.5.